The quantitative estimate of drug-likeness (QED) is 0.573. The Labute approximate surface area is 171 Å². The van der Waals surface area contributed by atoms with Crippen molar-refractivity contribution in [1.82, 2.24) is 5.32 Å². The number of carbonyl (C=O) groups is 3. The molecule has 0 fully saturated rings. The van der Waals surface area contributed by atoms with Gasteiger partial charge in [0, 0.05) is 11.4 Å². The van der Waals surface area contributed by atoms with Crippen LogP contribution in [0.25, 0.3) is 0 Å². The molecule has 1 unspecified atom stereocenters. The summed E-state index contributed by atoms with van der Waals surface area (Å²) in [6.45, 7) is 6.00. The molecule has 0 aliphatic carbocycles. The number of imide groups is 1. The van der Waals surface area contributed by atoms with Gasteiger partial charge in [-0.05, 0) is 43.5 Å². The molecule has 0 aliphatic heterocycles. The zero-order chi connectivity index (χ0) is 21.4. The Balaban J connectivity index is 1.80. The lowest BCUT2D eigenvalue weighted by Gasteiger charge is -2.15. The molecule has 2 aromatic carbocycles. The van der Waals surface area contributed by atoms with E-state index in [1.807, 2.05) is 57.2 Å². The smallest absolute Gasteiger partial charge is 0.322 e. The van der Waals surface area contributed by atoms with Gasteiger partial charge in [-0.25, -0.2) is 4.79 Å². The number of anilines is 2. The molecule has 0 heterocycles. The van der Waals surface area contributed by atoms with Crippen molar-refractivity contribution in [2.75, 3.05) is 30.8 Å². The van der Waals surface area contributed by atoms with Crippen LogP contribution < -0.4 is 20.9 Å². The largest absolute Gasteiger partial charge is 0.326 e. The minimum Gasteiger partial charge on any atom is -0.322 e. The summed E-state index contributed by atoms with van der Waals surface area (Å²) in [6, 6.07) is 12.7. The number of hydrogen-bond donors (Lipinski definition) is 4. The first-order valence-corrected chi connectivity index (χ1v) is 9.65. The highest BCUT2D eigenvalue weighted by molar-refractivity contribution is 6.01. The summed E-state index contributed by atoms with van der Waals surface area (Å²) >= 11 is 0. The van der Waals surface area contributed by atoms with Crippen LogP contribution in [-0.4, -0.2) is 38.0 Å². The molecule has 154 valence electrons. The number of amides is 4. The van der Waals surface area contributed by atoms with Crippen LogP contribution in [0.1, 0.15) is 23.6 Å². The van der Waals surface area contributed by atoms with Crippen molar-refractivity contribution >= 4 is 29.2 Å². The minimum atomic E-state index is -0.587. The van der Waals surface area contributed by atoms with Crippen molar-refractivity contribution in [1.29, 1.82) is 0 Å². The van der Waals surface area contributed by atoms with E-state index in [0.29, 0.717) is 10.6 Å². The number of quaternary nitrogens is 1. The first kappa shape index (κ1) is 22.1. The second-order valence-corrected chi connectivity index (χ2v) is 7.19. The molecular formula is C22H29N4O3+. The lowest BCUT2D eigenvalue weighted by atomic mass is 10.1. The summed E-state index contributed by atoms with van der Waals surface area (Å²) in [5.74, 6) is -0.637. The molecule has 29 heavy (non-hydrogen) atoms. The maximum Gasteiger partial charge on any atom is 0.326 e. The van der Waals surface area contributed by atoms with E-state index >= 15 is 0 Å². The lowest BCUT2D eigenvalue weighted by molar-refractivity contribution is -0.862. The highest BCUT2D eigenvalue weighted by Crippen LogP contribution is 2.16. The number of aryl methyl sites for hydroxylation is 3. The molecular weight excluding hydrogens is 368 g/mol. The molecule has 0 saturated carbocycles. The molecule has 0 aromatic heterocycles. The van der Waals surface area contributed by atoms with Crippen LogP contribution in [0, 0.1) is 13.8 Å². The van der Waals surface area contributed by atoms with Gasteiger partial charge in [-0.1, -0.05) is 42.8 Å². The SMILES string of the molecule is CCc1ccccc1NC(=O)C[NH+](C)CC(=O)NC(=O)Nc1ccc(C)cc1C. The van der Waals surface area contributed by atoms with Crippen LogP contribution in [0.3, 0.4) is 0 Å². The predicted octanol–water partition coefficient (Wildman–Crippen LogP) is 1.67. The first-order chi connectivity index (χ1) is 13.8. The van der Waals surface area contributed by atoms with E-state index in [1.54, 1.807) is 13.1 Å². The predicted molar refractivity (Wildman–Crippen MR) is 114 cm³/mol. The van der Waals surface area contributed by atoms with Gasteiger partial charge < -0.3 is 15.5 Å². The number of hydrogen-bond acceptors (Lipinski definition) is 3. The highest BCUT2D eigenvalue weighted by atomic mass is 16.2. The van der Waals surface area contributed by atoms with Gasteiger partial charge in [-0.2, -0.15) is 0 Å². The number of carbonyl (C=O) groups excluding carboxylic acids is 3. The van der Waals surface area contributed by atoms with E-state index < -0.39 is 11.9 Å². The third-order valence-electron chi connectivity index (χ3n) is 4.48. The van der Waals surface area contributed by atoms with Crippen LogP contribution in [0.4, 0.5) is 16.2 Å². The third kappa shape index (κ3) is 7.04. The molecule has 0 saturated heterocycles. The second kappa shape index (κ2) is 10.4. The molecule has 4 amide bonds. The van der Waals surface area contributed by atoms with E-state index in [2.05, 4.69) is 16.0 Å². The maximum atomic E-state index is 12.3. The van der Waals surface area contributed by atoms with Gasteiger partial charge in [0.15, 0.2) is 13.1 Å². The molecule has 0 radical (unpaired) electrons. The Morgan fingerprint density at radius 1 is 0.897 bits per heavy atom. The summed E-state index contributed by atoms with van der Waals surface area (Å²) < 4.78 is 0. The topological polar surface area (TPSA) is 91.7 Å². The Morgan fingerprint density at radius 2 is 1.59 bits per heavy atom. The van der Waals surface area contributed by atoms with Crippen LogP contribution in [0.2, 0.25) is 0 Å². The van der Waals surface area contributed by atoms with E-state index in [4.69, 9.17) is 0 Å². The molecule has 4 N–H and O–H groups in total. The lowest BCUT2D eigenvalue weighted by Crippen LogP contribution is -3.11. The maximum absolute atomic E-state index is 12.3. The fourth-order valence-electron chi connectivity index (χ4n) is 3.03. The molecule has 7 nitrogen and oxygen atoms in total. The average molecular weight is 397 g/mol. The van der Waals surface area contributed by atoms with Gasteiger partial charge in [0.1, 0.15) is 0 Å². The van der Waals surface area contributed by atoms with Gasteiger partial charge in [0.25, 0.3) is 11.8 Å². The van der Waals surface area contributed by atoms with Crippen LogP contribution >= 0.6 is 0 Å². The van der Waals surface area contributed by atoms with E-state index in [9.17, 15) is 14.4 Å². The molecule has 2 rings (SSSR count). The number of benzene rings is 2. The zero-order valence-corrected chi connectivity index (χ0v) is 17.4. The minimum absolute atomic E-state index is 0.00312. The highest BCUT2D eigenvalue weighted by Gasteiger charge is 2.17. The Kier molecular flexibility index (Phi) is 7.91. The Bertz CT molecular complexity index is 895. The molecule has 7 heteroatoms. The summed E-state index contributed by atoms with van der Waals surface area (Å²) in [6.07, 6.45) is 0.817. The average Bonchev–Trinajstić information content (AvgIpc) is 2.64. The van der Waals surface area contributed by atoms with E-state index in [1.165, 1.54) is 0 Å². The third-order valence-corrected chi connectivity index (χ3v) is 4.48. The van der Waals surface area contributed by atoms with Gasteiger partial charge in [-0.15, -0.1) is 0 Å². The Morgan fingerprint density at radius 3 is 2.28 bits per heavy atom. The normalized spacial score (nSPS) is 11.4. The Hall–Kier alpha value is -3.19. The van der Waals surface area contributed by atoms with Gasteiger partial charge in [0.05, 0.1) is 7.05 Å². The fourth-order valence-corrected chi connectivity index (χ4v) is 3.03. The first-order valence-electron chi connectivity index (χ1n) is 9.65. The number of nitrogens with one attached hydrogen (secondary N) is 4. The van der Waals surface area contributed by atoms with Gasteiger partial charge >= 0.3 is 6.03 Å². The van der Waals surface area contributed by atoms with E-state index in [0.717, 1.165) is 28.8 Å². The summed E-state index contributed by atoms with van der Waals surface area (Å²) in [4.78, 5) is 37.1. The summed E-state index contributed by atoms with van der Waals surface area (Å²) in [7, 11) is 1.73. The van der Waals surface area contributed by atoms with Crippen LogP contribution in [-0.2, 0) is 16.0 Å². The number of urea groups is 1. The monoisotopic (exact) mass is 397 g/mol. The zero-order valence-electron chi connectivity index (χ0n) is 17.4. The van der Waals surface area contributed by atoms with Crippen LogP contribution in [0.15, 0.2) is 42.5 Å². The molecule has 1 atom stereocenters. The molecule has 0 spiro atoms. The van der Waals surface area contributed by atoms with Crippen molar-refractivity contribution in [3.05, 3.63) is 59.2 Å². The second-order valence-electron chi connectivity index (χ2n) is 7.19. The van der Waals surface area contributed by atoms with Crippen molar-refractivity contribution < 1.29 is 19.3 Å². The van der Waals surface area contributed by atoms with Gasteiger partial charge in [0.2, 0.25) is 0 Å². The van der Waals surface area contributed by atoms with Crippen molar-refractivity contribution in [3.63, 3.8) is 0 Å². The number of likely N-dealkylation sites (N-methyl/N-ethyl adjacent to an activating group) is 1. The van der Waals surface area contributed by atoms with Gasteiger partial charge in [-0.3, -0.25) is 14.9 Å². The van der Waals surface area contributed by atoms with Crippen molar-refractivity contribution in [2.24, 2.45) is 0 Å². The summed E-state index contributed by atoms with van der Waals surface area (Å²) in [5, 5.41) is 7.85. The number of para-hydroxylation sites is 1. The molecule has 2 aromatic rings. The fraction of sp³-hybridized carbons (Fsp3) is 0.318. The summed E-state index contributed by atoms with van der Waals surface area (Å²) in [5.41, 5.74) is 4.49. The van der Waals surface area contributed by atoms with E-state index in [-0.39, 0.29) is 19.0 Å². The number of rotatable bonds is 7. The molecule has 0 bridgehead atoms. The molecule has 0 aliphatic rings. The van der Waals surface area contributed by atoms with Crippen LogP contribution in [0.5, 0.6) is 0 Å². The van der Waals surface area contributed by atoms with Crippen molar-refractivity contribution in [2.45, 2.75) is 27.2 Å². The van der Waals surface area contributed by atoms with Crippen molar-refractivity contribution in [3.8, 4) is 0 Å². The standard InChI is InChI=1S/C22H28N4O3/c1-5-17-8-6-7-9-19(17)23-20(27)13-26(4)14-21(28)25-22(29)24-18-11-10-15(2)12-16(18)3/h6-12H,5,13-14H2,1-4H3,(H,23,27)(H2,24,25,28,29)/p+1.